The summed E-state index contributed by atoms with van der Waals surface area (Å²) >= 11 is 0. The van der Waals surface area contributed by atoms with E-state index in [1.807, 2.05) is 36.4 Å². The second-order valence-electron chi connectivity index (χ2n) is 9.53. The molecule has 1 aliphatic rings. The Hall–Kier alpha value is -3.97. The van der Waals surface area contributed by atoms with Gasteiger partial charge >= 0.3 is 0 Å². The highest BCUT2D eigenvalue weighted by Crippen LogP contribution is 2.36. The number of nitrogens with one attached hydrogen (secondary N) is 1. The third kappa shape index (κ3) is 5.27. The number of nitrogens with zero attached hydrogens (tertiary/aromatic N) is 3. The first-order valence-corrected chi connectivity index (χ1v) is 12.7. The number of rotatable bonds is 9. The summed E-state index contributed by atoms with van der Waals surface area (Å²) in [6.07, 6.45) is 4.36. The van der Waals surface area contributed by atoms with E-state index in [2.05, 4.69) is 42.3 Å². The summed E-state index contributed by atoms with van der Waals surface area (Å²) in [5, 5.41) is 7.73. The van der Waals surface area contributed by atoms with E-state index in [-0.39, 0.29) is 5.91 Å². The molecule has 0 saturated heterocycles. The Morgan fingerprint density at radius 3 is 2.54 bits per heavy atom. The summed E-state index contributed by atoms with van der Waals surface area (Å²) in [7, 11) is 1.73. The molecule has 0 unspecified atom stereocenters. The topological polar surface area (TPSA) is 78.3 Å². The minimum absolute atomic E-state index is 0.108. The summed E-state index contributed by atoms with van der Waals surface area (Å²) < 4.78 is 13.2. The van der Waals surface area contributed by atoms with Crippen molar-refractivity contribution >= 4 is 5.91 Å². The Morgan fingerprint density at radius 2 is 1.81 bits per heavy atom. The molecule has 1 aliphatic heterocycles. The number of carbonyl (C=O) groups excluding carboxylic acids is 1. The molecule has 2 aromatic carbocycles. The van der Waals surface area contributed by atoms with Crippen molar-refractivity contribution in [2.24, 2.45) is 0 Å². The molecule has 1 N–H and O–H groups in total. The zero-order valence-electron chi connectivity index (χ0n) is 21.5. The summed E-state index contributed by atoms with van der Waals surface area (Å²) in [4.78, 5) is 16.9. The van der Waals surface area contributed by atoms with Gasteiger partial charge < -0.3 is 14.8 Å². The van der Waals surface area contributed by atoms with E-state index >= 15 is 0 Å². The van der Waals surface area contributed by atoms with Crippen LogP contribution in [0.3, 0.4) is 0 Å². The highest BCUT2D eigenvalue weighted by Gasteiger charge is 2.27. The van der Waals surface area contributed by atoms with Crippen LogP contribution < -0.4 is 10.1 Å². The molecule has 37 heavy (non-hydrogen) atoms. The number of carbonyl (C=O) groups is 1. The van der Waals surface area contributed by atoms with Crippen LogP contribution in [0.25, 0.3) is 22.4 Å². The normalized spacial score (nSPS) is 12.9. The molecule has 0 spiro atoms. The lowest BCUT2D eigenvalue weighted by Crippen LogP contribution is -2.35. The molecular weight excluding hydrogens is 464 g/mol. The lowest BCUT2D eigenvalue weighted by Gasteiger charge is -2.16. The molecule has 190 valence electrons. The number of hydrogen-bond acceptors (Lipinski definition) is 5. The van der Waals surface area contributed by atoms with Crippen LogP contribution in [0.2, 0.25) is 0 Å². The van der Waals surface area contributed by atoms with Gasteiger partial charge in [-0.3, -0.25) is 14.5 Å². The number of aromatic nitrogens is 3. The number of pyridine rings is 1. The number of amides is 1. The number of ether oxygens (including phenoxy) is 2. The van der Waals surface area contributed by atoms with E-state index in [1.165, 1.54) is 11.1 Å². The maximum Gasteiger partial charge on any atom is 0.270 e. The summed E-state index contributed by atoms with van der Waals surface area (Å²) in [5.41, 5.74) is 7.81. The molecule has 0 atom stereocenters. The lowest BCUT2D eigenvalue weighted by molar-refractivity contribution is 0.0925. The van der Waals surface area contributed by atoms with Crippen molar-refractivity contribution < 1.29 is 14.3 Å². The summed E-state index contributed by atoms with van der Waals surface area (Å²) in [6, 6.07) is 18.3. The molecule has 7 heteroatoms. The van der Waals surface area contributed by atoms with E-state index in [0.29, 0.717) is 37.9 Å². The zero-order chi connectivity index (χ0) is 25.8. The first kappa shape index (κ1) is 24.7. The van der Waals surface area contributed by atoms with Gasteiger partial charge in [-0.05, 0) is 58.9 Å². The first-order chi connectivity index (χ1) is 18.0. The van der Waals surface area contributed by atoms with Crippen molar-refractivity contribution in [3.63, 3.8) is 0 Å². The Labute approximate surface area is 217 Å². The van der Waals surface area contributed by atoms with Crippen molar-refractivity contribution in [3.8, 4) is 28.1 Å². The molecule has 0 saturated carbocycles. The quantitative estimate of drug-likeness (QED) is 0.343. The number of fused-ring (bicyclic) bond motifs is 1. The Morgan fingerprint density at radius 1 is 1.03 bits per heavy atom. The minimum atomic E-state index is -0.108. The van der Waals surface area contributed by atoms with Crippen LogP contribution in [0.5, 0.6) is 5.75 Å². The van der Waals surface area contributed by atoms with Gasteiger partial charge in [0.1, 0.15) is 23.7 Å². The minimum Gasteiger partial charge on any atom is -0.489 e. The molecule has 1 amide bonds. The summed E-state index contributed by atoms with van der Waals surface area (Å²) in [6.45, 7) is 6.81. The molecule has 2 aromatic heterocycles. The van der Waals surface area contributed by atoms with Crippen LogP contribution in [-0.4, -0.2) is 40.9 Å². The predicted molar refractivity (Wildman–Crippen MR) is 144 cm³/mol. The molecule has 3 heterocycles. The zero-order valence-corrected chi connectivity index (χ0v) is 21.5. The van der Waals surface area contributed by atoms with E-state index in [4.69, 9.17) is 14.6 Å². The fraction of sp³-hybridized carbons (Fsp3) is 0.300. The molecule has 4 aromatic rings. The average Bonchev–Trinajstić information content (AvgIpc) is 3.32. The third-order valence-corrected chi connectivity index (χ3v) is 6.68. The van der Waals surface area contributed by atoms with Gasteiger partial charge in [0, 0.05) is 37.2 Å². The highest BCUT2D eigenvalue weighted by atomic mass is 16.5. The second kappa shape index (κ2) is 11.0. The molecule has 0 bridgehead atoms. The maximum absolute atomic E-state index is 12.8. The largest absolute Gasteiger partial charge is 0.489 e. The van der Waals surface area contributed by atoms with Gasteiger partial charge in [-0.1, -0.05) is 44.2 Å². The van der Waals surface area contributed by atoms with Gasteiger partial charge in [-0.15, -0.1) is 0 Å². The van der Waals surface area contributed by atoms with Crippen molar-refractivity contribution in [2.75, 3.05) is 20.3 Å². The molecule has 0 radical (unpaired) electrons. The smallest absolute Gasteiger partial charge is 0.270 e. The van der Waals surface area contributed by atoms with Crippen molar-refractivity contribution in [1.82, 2.24) is 20.1 Å². The molecule has 5 rings (SSSR count). The maximum atomic E-state index is 12.8. The van der Waals surface area contributed by atoms with Gasteiger partial charge in [0.2, 0.25) is 0 Å². The fourth-order valence-electron chi connectivity index (χ4n) is 4.82. The van der Waals surface area contributed by atoms with Crippen LogP contribution in [0.4, 0.5) is 0 Å². The molecular formula is C30H32N4O3. The fourth-order valence-corrected chi connectivity index (χ4v) is 4.82. The van der Waals surface area contributed by atoms with Crippen molar-refractivity contribution in [3.05, 3.63) is 89.4 Å². The van der Waals surface area contributed by atoms with Gasteiger partial charge in [0.15, 0.2) is 0 Å². The van der Waals surface area contributed by atoms with Crippen LogP contribution in [0, 0.1) is 0 Å². The Balaban J connectivity index is 1.39. The summed E-state index contributed by atoms with van der Waals surface area (Å²) in [5.74, 6) is 1.12. The van der Waals surface area contributed by atoms with E-state index in [0.717, 1.165) is 40.1 Å². The highest BCUT2D eigenvalue weighted by molar-refractivity contribution is 6.03. The monoisotopic (exact) mass is 496 g/mol. The molecule has 7 nitrogen and oxygen atoms in total. The van der Waals surface area contributed by atoms with Gasteiger partial charge in [0.05, 0.1) is 13.2 Å². The second-order valence-corrected chi connectivity index (χ2v) is 9.53. The van der Waals surface area contributed by atoms with Crippen LogP contribution in [0.1, 0.15) is 46.9 Å². The van der Waals surface area contributed by atoms with Gasteiger partial charge in [-0.2, -0.15) is 5.10 Å². The predicted octanol–water partition coefficient (Wildman–Crippen LogP) is 5.25. The van der Waals surface area contributed by atoms with Crippen LogP contribution >= 0.6 is 0 Å². The SMILES string of the molecule is COCCc1cc(COc2ccc(-c3c(-c4ccncc4)nn4c3C(=O)NCC4)cc2)ccc1C(C)C. The molecule has 0 aliphatic carbocycles. The van der Waals surface area contributed by atoms with E-state index < -0.39 is 0 Å². The molecule has 0 fully saturated rings. The number of methoxy groups -OCH3 is 1. The van der Waals surface area contributed by atoms with Crippen molar-refractivity contribution in [1.29, 1.82) is 0 Å². The average molecular weight is 497 g/mol. The van der Waals surface area contributed by atoms with Crippen molar-refractivity contribution in [2.45, 2.75) is 39.3 Å². The third-order valence-electron chi connectivity index (χ3n) is 6.68. The number of hydrogen-bond donors (Lipinski definition) is 1. The lowest BCUT2D eigenvalue weighted by atomic mass is 9.94. The Bertz CT molecular complexity index is 1380. The van der Waals surface area contributed by atoms with Gasteiger partial charge in [-0.25, -0.2) is 0 Å². The van der Waals surface area contributed by atoms with Gasteiger partial charge in [0.25, 0.3) is 5.91 Å². The number of benzene rings is 2. The van der Waals surface area contributed by atoms with E-state index in [1.54, 1.807) is 24.2 Å². The van der Waals surface area contributed by atoms with Crippen LogP contribution in [0.15, 0.2) is 67.0 Å². The Kier molecular flexibility index (Phi) is 7.32. The van der Waals surface area contributed by atoms with E-state index in [9.17, 15) is 4.79 Å². The standard InChI is InChI=1S/C30H32N4O3/c1-20(2)26-9-4-21(18-24(26)12-17-36-3)19-37-25-7-5-22(6-8-25)27-28(23-10-13-31-14-11-23)33-34-16-15-32-30(35)29(27)34/h4-11,13-14,18,20H,12,15-17,19H2,1-3H3,(H,32,35). The van der Waals surface area contributed by atoms with Crippen LogP contribution in [-0.2, 0) is 24.3 Å². The first-order valence-electron chi connectivity index (χ1n) is 12.7.